The molecule has 1 N–H and O–H groups in total. The summed E-state index contributed by atoms with van der Waals surface area (Å²) in [6, 6.07) is 6.08. The Hall–Kier alpha value is -2.28. The van der Waals surface area contributed by atoms with Crippen molar-refractivity contribution in [2.24, 2.45) is 0 Å². The molecule has 146 valence electrons. The van der Waals surface area contributed by atoms with Crippen LogP contribution in [0.2, 0.25) is 15.1 Å². The molecule has 0 aliphatic heterocycles. The van der Waals surface area contributed by atoms with Gasteiger partial charge in [0.2, 0.25) is 0 Å². The van der Waals surface area contributed by atoms with Crippen molar-refractivity contribution in [3.63, 3.8) is 0 Å². The van der Waals surface area contributed by atoms with Crippen molar-refractivity contribution in [3.8, 4) is 11.3 Å². The Bertz CT molecular complexity index is 1120. The minimum atomic E-state index is -1.31. The molecule has 1 aromatic carbocycles. The summed E-state index contributed by atoms with van der Waals surface area (Å²) in [4.78, 5) is 24.5. The molecule has 6 nitrogen and oxygen atoms in total. The number of carbonyl (C=O) groups is 1. The number of aromatic carboxylic acids is 1. The Morgan fingerprint density at radius 1 is 1.14 bits per heavy atom. The third-order valence-corrected chi connectivity index (χ3v) is 5.44. The van der Waals surface area contributed by atoms with Crippen LogP contribution in [0.4, 0.5) is 0 Å². The lowest BCUT2D eigenvalue weighted by atomic mass is 10.0. The molecule has 3 aromatic rings. The van der Waals surface area contributed by atoms with Gasteiger partial charge in [-0.25, -0.2) is 4.79 Å². The van der Waals surface area contributed by atoms with E-state index in [1.54, 1.807) is 40.6 Å². The summed E-state index contributed by atoms with van der Waals surface area (Å²) >= 11 is 18.2. The van der Waals surface area contributed by atoms with E-state index < -0.39 is 11.4 Å². The number of pyridine rings is 1. The van der Waals surface area contributed by atoms with Crippen molar-refractivity contribution in [1.29, 1.82) is 0 Å². The lowest BCUT2D eigenvalue weighted by Gasteiger charge is -2.20. The van der Waals surface area contributed by atoms with Gasteiger partial charge in [-0.2, -0.15) is 5.10 Å². The molecule has 0 amide bonds. The normalized spacial score (nSPS) is 11.0. The highest BCUT2D eigenvalue weighted by Crippen LogP contribution is 2.30. The maximum atomic E-state index is 12.6. The number of nitrogens with zero attached hydrogens (tertiary/aromatic N) is 3. The Labute approximate surface area is 175 Å². The third kappa shape index (κ3) is 3.81. The summed E-state index contributed by atoms with van der Waals surface area (Å²) in [6.07, 6.45) is 1.66. The number of carboxylic acids is 1. The van der Waals surface area contributed by atoms with E-state index in [1.165, 1.54) is 6.07 Å². The molecule has 0 atom stereocenters. The molecular weight excluding hydrogens is 425 g/mol. The van der Waals surface area contributed by atoms with Crippen molar-refractivity contribution < 1.29 is 9.90 Å². The van der Waals surface area contributed by atoms with E-state index in [9.17, 15) is 14.7 Å². The van der Waals surface area contributed by atoms with E-state index in [0.717, 1.165) is 0 Å². The molecule has 0 fully saturated rings. The first-order valence-corrected chi connectivity index (χ1v) is 9.51. The van der Waals surface area contributed by atoms with Crippen LogP contribution in [0, 0.1) is 6.92 Å². The van der Waals surface area contributed by atoms with Crippen LogP contribution in [0.25, 0.3) is 11.3 Å². The molecule has 3 rings (SSSR count). The lowest BCUT2D eigenvalue weighted by Crippen LogP contribution is -2.24. The molecule has 0 saturated carbocycles. The van der Waals surface area contributed by atoms with Gasteiger partial charge in [0, 0.05) is 30.1 Å². The fourth-order valence-corrected chi connectivity index (χ4v) is 3.53. The Morgan fingerprint density at radius 3 is 2.39 bits per heavy atom. The highest BCUT2D eigenvalue weighted by atomic mass is 35.5. The first-order chi connectivity index (χ1) is 13.2. The number of rotatable bonds is 5. The minimum Gasteiger partial charge on any atom is -0.477 e. The number of aromatic nitrogens is 3. The van der Waals surface area contributed by atoms with E-state index in [0.29, 0.717) is 33.5 Å². The quantitative estimate of drug-likeness (QED) is 0.621. The second-order valence-electron chi connectivity index (χ2n) is 6.16. The number of aryl methyl sites for hydroxylation is 1. The van der Waals surface area contributed by atoms with Gasteiger partial charge in [0.05, 0.1) is 33.0 Å². The maximum absolute atomic E-state index is 12.6. The first-order valence-electron chi connectivity index (χ1n) is 8.37. The maximum Gasteiger partial charge on any atom is 0.341 e. The molecule has 0 aliphatic rings. The summed E-state index contributed by atoms with van der Waals surface area (Å²) in [5.41, 5.74) is 1.10. The van der Waals surface area contributed by atoms with Gasteiger partial charge in [0.15, 0.2) is 5.43 Å². The molecule has 0 saturated heterocycles. The topological polar surface area (TPSA) is 77.1 Å². The predicted molar refractivity (Wildman–Crippen MR) is 110 cm³/mol. The van der Waals surface area contributed by atoms with Crippen molar-refractivity contribution in [3.05, 3.63) is 72.7 Å². The second-order valence-corrected chi connectivity index (χ2v) is 7.38. The molecular formula is C19H16Cl3N3O3. The van der Waals surface area contributed by atoms with Gasteiger partial charge in [-0.15, -0.1) is 0 Å². The molecule has 9 heteroatoms. The van der Waals surface area contributed by atoms with E-state index in [-0.39, 0.29) is 22.8 Å². The molecule has 0 unspecified atom stereocenters. The standard InChI is InChI=1S/C19H16Cl3N3O3/c1-3-25-12(8-24-9-15(22)10(2)23-24)7-16(26)17(19(27)28)18(25)11-4-5-13(20)14(21)6-11/h4-7,9H,3,8H2,1-2H3,(H,27,28). The van der Waals surface area contributed by atoms with Crippen molar-refractivity contribution >= 4 is 40.8 Å². The van der Waals surface area contributed by atoms with Gasteiger partial charge in [-0.05, 0) is 26.0 Å². The number of halogens is 3. The van der Waals surface area contributed by atoms with E-state index >= 15 is 0 Å². The van der Waals surface area contributed by atoms with Gasteiger partial charge >= 0.3 is 5.97 Å². The van der Waals surface area contributed by atoms with Crippen LogP contribution in [0.1, 0.15) is 28.7 Å². The van der Waals surface area contributed by atoms with Gasteiger partial charge in [0.25, 0.3) is 0 Å². The van der Waals surface area contributed by atoms with Crippen LogP contribution in [-0.2, 0) is 13.1 Å². The van der Waals surface area contributed by atoms with E-state index in [1.807, 2.05) is 6.92 Å². The van der Waals surface area contributed by atoms with E-state index in [2.05, 4.69) is 5.10 Å². The summed E-state index contributed by atoms with van der Waals surface area (Å²) < 4.78 is 3.37. The largest absolute Gasteiger partial charge is 0.477 e. The number of carboxylic acid groups (broad SMARTS) is 1. The van der Waals surface area contributed by atoms with Crippen molar-refractivity contribution in [2.45, 2.75) is 26.9 Å². The summed E-state index contributed by atoms with van der Waals surface area (Å²) in [7, 11) is 0. The fraction of sp³-hybridized carbons (Fsp3) is 0.211. The van der Waals surface area contributed by atoms with Gasteiger partial charge in [0.1, 0.15) is 5.56 Å². The zero-order valence-electron chi connectivity index (χ0n) is 15.0. The van der Waals surface area contributed by atoms with Crippen LogP contribution in [0.3, 0.4) is 0 Å². The molecule has 2 aromatic heterocycles. The molecule has 0 radical (unpaired) electrons. The van der Waals surface area contributed by atoms with Gasteiger partial charge in [-0.3, -0.25) is 9.48 Å². The molecule has 2 heterocycles. The Balaban J connectivity index is 2.28. The summed E-state index contributed by atoms with van der Waals surface area (Å²) in [6.45, 7) is 4.33. The van der Waals surface area contributed by atoms with Crippen LogP contribution in [-0.4, -0.2) is 25.4 Å². The van der Waals surface area contributed by atoms with Crippen molar-refractivity contribution in [1.82, 2.24) is 14.3 Å². The average Bonchev–Trinajstić information content (AvgIpc) is 2.93. The van der Waals surface area contributed by atoms with Crippen LogP contribution >= 0.6 is 34.8 Å². The van der Waals surface area contributed by atoms with Crippen LogP contribution in [0.5, 0.6) is 0 Å². The smallest absolute Gasteiger partial charge is 0.341 e. The van der Waals surface area contributed by atoms with Crippen LogP contribution < -0.4 is 5.43 Å². The first kappa shape index (κ1) is 20.5. The van der Waals surface area contributed by atoms with E-state index in [4.69, 9.17) is 34.8 Å². The lowest BCUT2D eigenvalue weighted by molar-refractivity contribution is 0.0695. The third-order valence-electron chi connectivity index (χ3n) is 4.33. The SMILES string of the molecule is CCn1c(Cn2cc(Cl)c(C)n2)cc(=O)c(C(=O)O)c1-c1ccc(Cl)c(Cl)c1. The number of hydrogen-bond donors (Lipinski definition) is 1. The highest BCUT2D eigenvalue weighted by molar-refractivity contribution is 6.42. The molecule has 0 aliphatic carbocycles. The van der Waals surface area contributed by atoms with Gasteiger partial charge < -0.3 is 9.67 Å². The Kier molecular flexibility index (Phi) is 5.84. The Morgan fingerprint density at radius 2 is 1.86 bits per heavy atom. The number of hydrogen-bond acceptors (Lipinski definition) is 3. The second kappa shape index (κ2) is 7.99. The molecule has 0 spiro atoms. The number of benzene rings is 1. The summed E-state index contributed by atoms with van der Waals surface area (Å²) in [5, 5.41) is 15.1. The van der Waals surface area contributed by atoms with Gasteiger partial charge in [-0.1, -0.05) is 40.9 Å². The molecule has 0 bridgehead atoms. The minimum absolute atomic E-state index is 0.255. The summed E-state index contributed by atoms with van der Waals surface area (Å²) in [5.74, 6) is -1.31. The van der Waals surface area contributed by atoms with Crippen LogP contribution in [0.15, 0.2) is 35.3 Å². The fourth-order valence-electron chi connectivity index (χ4n) is 3.08. The zero-order valence-corrected chi connectivity index (χ0v) is 17.3. The average molecular weight is 441 g/mol. The highest BCUT2D eigenvalue weighted by Gasteiger charge is 2.22. The monoisotopic (exact) mass is 439 g/mol. The van der Waals surface area contributed by atoms with Crippen molar-refractivity contribution in [2.75, 3.05) is 0 Å². The zero-order chi connectivity index (χ0) is 20.6. The predicted octanol–water partition coefficient (Wildman–Crippen LogP) is 4.75. The molecule has 28 heavy (non-hydrogen) atoms.